The molecule has 0 spiro atoms. The maximum atomic E-state index is 13.4. The van der Waals surface area contributed by atoms with E-state index < -0.39 is 20.5 Å². The molecule has 2 heterocycles. The number of nitrogens with one attached hydrogen (secondary N) is 1. The quantitative estimate of drug-likeness (QED) is 0.166. The average Bonchev–Trinajstić information content (AvgIpc) is 3.52. The third-order valence-electron chi connectivity index (χ3n) is 5.42. The Balaban J connectivity index is 1.58. The Hall–Kier alpha value is -4.79. The summed E-state index contributed by atoms with van der Waals surface area (Å²) in [6, 6.07) is 20.4. The molecule has 0 radical (unpaired) electrons. The number of nitro groups is 1. The normalized spacial score (nSPS) is 11.7. The molecule has 2 aromatic heterocycles. The van der Waals surface area contributed by atoms with E-state index in [1.54, 1.807) is 0 Å². The zero-order valence-electron chi connectivity index (χ0n) is 19.3. The van der Waals surface area contributed by atoms with Crippen LogP contribution in [-0.2, 0) is 10.0 Å². The van der Waals surface area contributed by atoms with Crippen LogP contribution in [-0.4, -0.2) is 28.1 Å². The van der Waals surface area contributed by atoms with Crippen LogP contribution in [0.4, 0.5) is 17.1 Å². The van der Waals surface area contributed by atoms with Crippen molar-refractivity contribution >= 4 is 38.4 Å². The lowest BCUT2D eigenvalue weighted by Gasteiger charge is -2.00. The molecule has 5 aromatic rings. The maximum Gasteiger partial charge on any atom is 0.301 e. The molecule has 0 amide bonds. The number of hydrogen-bond donors (Lipinski definition) is 2. The number of H-pyrrole nitrogens is 1. The summed E-state index contributed by atoms with van der Waals surface area (Å²) >= 11 is 1.24. The first-order valence-electron chi connectivity index (χ1n) is 10.9. The van der Waals surface area contributed by atoms with Gasteiger partial charge in [0.05, 0.1) is 26.9 Å². The molecule has 0 saturated heterocycles. The fourth-order valence-corrected chi connectivity index (χ4v) is 4.83. The van der Waals surface area contributed by atoms with E-state index in [1.807, 2.05) is 35.7 Å². The van der Waals surface area contributed by atoms with E-state index in [-0.39, 0.29) is 27.7 Å². The highest BCUT2D eigenvalue weighted by atomic mass is 32.2. The summed E-state index contributed by atoms with van der Waals surface area (Å²) in [6.45, 7) is 0. The van der Waals surface area contributed by atoms with Crippen LogP contribution in [0.2, 0.25) is 0 Å². The van der Waals surface area contributed by atoms with Crippen LogP contribution in [0.5, 0.6) is 0 Å². The molecule has 0 atom stereocenters. The standard InChI is InChI=1S/C24H17N7O5S2/c25-38(35,36)19-12-8-17(9-13-19)27-28-22-21(16-6-10-18(11-7-16)31(33)34)29-30(23(22)32)24-26-20(14-37-24)15-4-2-1-3-5-15/h1-14,29H,(H2,25,35,36). The van der Waals surface area contributed by atoms with E-state index in [2.05, 4.69) is 20.3 Å². The van der Waals surface area contributed by atoms with Gasteiger partial charge in [-0.1, -0.05) is 30.3 Å². The number of azo groups is 1. The Morgan fingerprint density at radius 2 is 1.63 bits per heavy atom. The Morgan fingerprint density at radius 3 is 2.26 bits per heavy atom. The molecule has 0 unspecified atom stereocenters. The molecule has 0 aliphatic carbocycles. The number of non-ortho nitro benzene ring substituents is 1. The summed E-state index contributed by atoms with van der Waals surface area (Å²) < 4.78 is 24.2. The van der Waals surface area contributed by atoms with Crippen LogP contribution in [0.1, 0.15) is 0 Å². The van der Waals surface area contributed by atoms with E-state index in [1.165, 1.54) is 64.5 Å². The predicted molar refractivity (Wildman–Crippen MR) is 142 cm³/mol. The predicted octanol–water partition coefficient (Wildman–Crippen LogP) is 4.93. The first-order chi connectivity index (χ1) is 18.2. The molecule has 0 saturated carbocycles. The average molecular weight is 548 g/mol. The minimum atomic E-state index is -3.88. The molecule has 5 rings (SSSR count). The van der Waals surface area contributed by atoms with E-state index in [0.29, 0.717) is 16.4 Å². The lowest BCUT2D eigenvalue weighted by atomic mass is 10.1. The van der Waals surface area contributed by atoms with Gasteiger partial charge in [0.2, 0.25) is 15.2 Å². The van der Waals surface area contributed by atoms with Gasteiger partial charge < -0.3 is 0 Å². The molecule has 38 heavy (non-hydrogen) atoms. The van der Waals surface area contributed by atoms with Crippen molar-refractivity contribution in [3.63, 3.8) is 0 Å². The van der Waals surface area contributed by atoms with Crippen molar-refractivity contribution in [2.24, 2.45) is 15.4 Å². The Bertz CT molecular complexity index is 1820. The largest absolute Gasteiger partial charge is 0.301 e. The van der Waals surface area contributed by atoms with Crippen molar-refractivity contribution in [3.05, 3.63) is 105 Å². The molecule has 0 aliphatic heterocycles. The first-order valence-corrected chi connectivity index (χ1v) is 13.3. The Labute approximate surface area is 218 Å². The number of aromatic amines is 1. The van der Waals surface area contributed by atoms with Crippen LogP contribution in [0.3, 0.4) is 0 Å². The topological polar surface area (TPSA) is 179 Å². The van der Waals surface area contributed by atoms with Crippen molar-refractivity contribution in [1.82, 2.24) is 14.8 Å². The third kappa shape index (κ3) is 5.04. The molecule has 190 valence electrons. The van der Waals surface area contributed by atoms with Gasteiger partial charge in [-0.05, 0) is 36.4 Å². The smallest absolute Gasteiger partial charge is 0.286 e. The second kappa shape index (κ2) is 9.93. The van der Waals surface area contributed by atoms with E-state index in [9.17, 15) is 23.3 Å². The van der Waals surface area contributed by atoms with Crippen LogP contribution < -0.4 is 10.7 Å². The summed E-state index contributed by atoms with van der Waals surface area (Å²) in [5, 5.41) is 29.6. The fraction of sp³-hybridized carbons (Fsp3) is 0. The second-order valence-corrected chi connectivity index (χ2v) is 10.3. The summed E-state index contributed by atoms with van der Waals surface area (Å²) in [4.78, 5) is 28.5. The summed E-state index contributed by atoms with van der Waals surface area (Å²) in [5.41, 5.74) is 1.86. The van der Waals surface area contributed by atoms with Crippen molar-refractivity contribution in [1.29, 1.82) is 0 Å². The molecule has 0 bridgehead atoms. The monoisotopic (exact) mass is 547 g/mol. The zero-order chi connectivity index (χ0) is 26.9. The number of benzene rings is 3. The number of thiazole rings is 1. The van der Waals surface area contributed by atoms with Crippen LogP contribution in [0.15, 0.2) is 104 Å². The Morgan fingerprint density at radius 1 is 0.947 bits per heavy atom. The molecular weight excluding hydrogens is 530 g/mol. The number of nitrogens with two attached hydrogens (primary N) is 1. The van der Waals surface area contributed by atoms with Crippen molar-refractivity contribution < 1.29 is 13.3 Å². The van der Waals surface area contributed by atoms with Gasteiger partial charge in [0.25, 0.3) is 5.69 Å². The number of primary sulfonamides is 1. The summed E-state index contributed by atoms with van der Waals surface area (Å²) in [6.07, 6.45) is 0. The summed E-state index contributed by atoms with van der Waals surface area (Å²) in [5.74, 6) is 0. The van der Waals surface area contributed by atoms with Gasteiger partial charge in [0, 0.05) is 28.6 Å². The number of aromatic nitrogens is 3. The highest BCUT2D eigenvalue weighted by molar-refractivity contribution is 7.89. The number of nitro benzene ring substituents is 1. The number of rotatable bonds is 7. The fourth-order valence-electron chi connectivity index (χ4n) is 3.53. The SMILES string of the molecule is NS(=O)(=O)c1ccc(N=Nc2c(-c3ccc([N+](=O)[O-])cc3)[nH]n(-c3nc(-c4ccccc4)cs3)c2=O)cc1. The lowest BCUT2D eigenvalue weighted by molar-refractivity contribution is -0.384. The first kappa shape index (κ1) is 24.9. The van der Waals surface area contributed by atoms with Crippen molar-refractivity contribution in [2.45, 2.75) is 4.90 Å². The van der Waals surface area contributed by atoms with Crippen LogP contribution >= 0.6 is 11.3 Å². The van der Waals surface area contributed by atoms with Crippen molar-refractivity contribution in [2.75, 3.05) is 0 Å². The van der Waals surface area contributed by atoms with E-state index >= 15 is 0 Å². The minimum Gasteiger partial charge on any atom is -0.286 e. The highest BCUT2D eigenvalue weighted by Crippen LogP contribution is 2.31. The van der Waals surface area contributed by atoms with Gasteiger partial charge in [-0.25, -0.2) is 18.5 Å². The number of sulfonamides is 1. The number of nitrogens with zero attached hydrogens (tertiary/aromatic N) is 5. The van der Waals surface area contributed by atoms with Gasteiger partial charge in [-0.3, -0.25) is 20.0 Å². The number of hydrogen-bond acceptors (Lipinski definition) is 9. The summed E-state index contributed by atoms with van der Waals surface area (Å²) in [7, 11) is -3.88. The highest BCUT2D eigenvalue weighted by Gasteiger charge is 2.20. The van der Waals surface area contributed by atoms with E-state index in [0.717, 1.165) is 5.56 Å². The van der Waals surface area contributed by atoms with Gasteiger partial charge >= 0.3 is 5.56 Å². The molecule has 3 N–H and O–H groups in total. The molecule has 0 fully saturated rings. The second-order valence-electron chi connectivity index (χ2n) is 7.90. The van der Waals surface area contributed by atoms with Crippen LogP contribution in [0.25, 0.3) is 27.6 Å². The van der Waals surface area contributed by atoms with Gasteiger partial charge in [-0.2, -0.15) is 9.80 Å². The molecule has 14 heteroatoms. The molecular formula is C24H17N7O5S2. The lowest BCUT2D eigenvalue weighted by Crippen LogP contribution is -2.13. The van der Waals surface area contributed by atoms with Crippen LogP contribution in [0, 0.1) is 10.1 Å². The maximum absolute atomic E-state index is 13.4. The van der Waals surface area contributed by atoms with Crippen molar-refractivity contribution in [3.8, 4) is 27.6 Å². The van der Waals surface area contributed by atoms with Gasteiger partial charge in [0.1, 0.15) is 0 Å². The zero-order valence-corrected chi connectivity index (χ0v) is 20.9. The minimum absolute atomic E-state index is 0.0640. The molecule has 0 aliphatic rings. The Kier molecular flexibility index (Phi) is 6.50. The van der Waals surface area contributed by atoms with Gasteiger partial charge in [-0.15, -0.1) is 16.5 Å². The van der Waals surface area contributed by atoms with E-state index in [4.69, 9.17) is 5.14 Å². The third-order valence-corrected chi connectivity index (χ3v) is 7.17. The molecule has 3 aromatic carbocycles. The van der Waals surface area contributed by atoms with Gasteiger partial charge in [0.15, 0.2) is 5.69 Å². The molecule has 12 nitrogen and oxygen atoms in total.